The van der Waals surface area contributed by atoms with Crippen LogP contribution >= 0.6 is 0 Å². The first-order valence-corrected chi connectivity index (χ1v) is 48.2. The molecule has 644 valence electrons. The molecule has 0 fully saturated rings. The summed E-state index contributed by atoms with van der Waals surface area (Å²) in [6.07, 6.45) is 4.15. The van der Waals surface area contributed by atoms with E-state index < -0.39 is 16.2 Å². The Morgan fingerprint density at radius 1 is 0.180 bits per heavy atom. The molecule has 4 aliphatic carbocycles. The molecule has 30 rings (SSSR count). The second kappa shape index (κ2) is 30.5. The van der Waals surface area contributed by atoms with Crippen molar-refractivity contribution in [3.05, 3.63) is 571 Å². The van der Waals surface area contributed by atoms with Crippen LogP contribution in [0.5, 0.6) is 0 Å². The van der Waals surface area contributed by atoms with Crippen molar-refractivity contribution < 1.29 is 4.42 Å². The quantitative estimate of drug-likeness (QED) is 0.135. The van der Waals surface area contributed by atoms with Crippen molar-refractivity contribution >= 4 is 92.9 Å². The highest BCUT2D eigenvalue weighted by atomic mass is 16.3. The zero-order valence-electron chi connectivity index (χ0n) is 75.7. The van der Waals surface area contributed by atoms with Gasteiger partial charge in [-0.15, -0.1) is 0 Å². The number of hydrogen-bond acceptors (Lipinski definition) is 4. The normalized spacial score (nSPS) is 13.6. The van der Waals surface area contributed by atoms with Gasteiger partial charge < -0.3 is 9.32 Å². The Bertz CT molecular complexity index is 9200. The Kier molecular flexibility index (Phi) is 17.2. The average molecular weight is 1760 g/mol. The molecule has 22 aromatic carbocycles. The molecule has 0 atom stereocenters. The van der Waals surface area contributed by atoms with Gasteiger partial charge in [-0.1, -0.05) is 406 Å². The van der Waals surface area contributed by atoms with Crippen LogP contribution < -0.4 is 4.90 Å². The molecule has 2 spiro atoms. The summed E-state index contributed by atoms with van der Waals surface area (Å²) in [5.41, 5.74) is 43.5. The summed E-state index contributed by atoms with van der Waals surface area (Å²) < 4.78 is 6.32. The number of fused-ring (bicyclic) bond motifs is 30. The summed E-state index contributed by atoms with van der Waals surface area (Å²) >= 11 is 0. The van der Waals surface area contributed by atoms with Crippen molar-refractivity contribution in [2.75, 3.05) is 4.90 Å². The SMILES string of the molecule is c1ccc(N2c3ccccc3C3(c4ccccc4-c4cc(-c5ccc(-c6c7ccccc7c(-c7ccc8c(c7)C(c7ccccc7)(c7ccccc7)c7ccccc7-8)c7ccccc67)cn5)ccc43)c3ccccc32)cc1.c1ccc2c(c1)-c1ccccc1C21c2ccccc2-c2ccc(-c3c4ccccc4c(-c4ccc(-c5ccc6oc7cc8ccccc8cc7c6c5)nc4)c4ccccc34)cc21. The number of aromatic nitrogens is 2. The number of nitrogens with zero attached hydrogens (tertiary/aromatic N) is 3. The first kappa shape index (κ1) is 78.5. The number of hydrogen-bond donors (Lipinski definition) is 0. The largest absolute Gasteiger partial charge is 0.456 e. The van der Waals surface area contributed by atoms with Crippen molar-refractivity contribution in [2.45, 2.75) is 16.2 Å². The topological polar surface area (TPSA) is 42.2 Å². The Balaban J connectivity index is 0.000000137. The first-order chi connectivity index (χ1) is 69.0. The highest BCUT2D eigenvalue weighted by Gasteiger charge is 2.54. The van der Waals surface area contributed by atoms with Gasteiger partial charge in [-0.2, -0.15) is 0 Å². The fraction of sp³-hybridized carbons (Fsp3) is 0.0222. The molecule has 139 heavy (non-hydrogen) atoms. The van der Waals surface area contributed by atoms with Crippen molar-refractivity contribution in [3.8, 4) is 112 Å². The monoisotopic (exact) mass is 1760 g/mol. The van der Waals surface area contributed by atoms with Crippen molar-refractivity contribution in [2.24, 2.45) is 0 Å². The average Bonchev–Trinajstić information content (AvgIpc) is 1.54. The molecule has 3 aromatic heterocycles. The molecule has 4 heterocycles. The van der Waals surface area contributed by atoms with Gasteiger partial charge in [0.15, 0.2) is 0 Å². The van der Waals surface area contributed by atoms with Crippen LogP contribution in [0.4, 0.5) is 17.1 Å². The summed E-state index contributed by atoms with van der Waals surface area (Å²) in [4.78, 5) is 12.9. The van der Waals surface area contributed by atoms with Gasteiger partial charge >= 0.3 is 0 Å². The molecular weight excluding hydrogens is 1680 g/mol. The number of para-hydroxylation sites is 3. The van der Waals surface area contributed by atoms with Gasteiger partial charge in [-0.05, 0) is 283 Å². The number of anilines is 3. The van der Waals surface area contributed by atoms with E-state index in [9.17, 15) is 0 Å². The molecule has 4 heteroatoms. The second-order valence-electron chi connectivity index (χ2n) is 37.8. The van der Waals surface area contributed by atoms with E-state index in [4.69, 9.17) is 14.4 Å². The molecule has 0 radical (unpaired) electrons. The van der Waals surface area contributed by atoms with E-state index in [-0.39, 0.29) is 0 Å². The summed E-state index contributed by atoms with van der Waals surface area (Å²) in [5.74, 6) is 0. The van der Waals surface area contributed by atoms with Crippen LogP contribution in [0.3, 0.4) is 0 Å². The van der Waals surface area contributed by atoms with Crippen molar-refractivity contribution in [1.29, 1.82) is 0 Å². The Morgan fingerprint density at radius 2 is 0.489 bits per heavy atom. The smallest absolute Gasteiger partial charge is 0.136 e. The Morgan fingerprint density at radius 3 is 0.928 bits per heavy atom. The van der Waals surface area contributed by atoms with Crippen LogP contribution in [0.15, 0.2) is 508 Å². The highest BCUT2D eigenvalue weighted by Crippen LogP contribution is 2.67. The predicted octanol–water partition coefficient (Wildman–Crippen LogP) is 34.7. The lowest BCUT2D eigenvalue weighted by Crippen LogP contribution is -2.36. The minimum absolute atomic E-state index is 0.405. The van der Waals surface area contributed by atoms with Gasteiger partial charge in [0.1, 0.15) is 11.2 Å². The van der Waals surface area contributed by atoms with Gasteiger partial charge in [0.2, 0.25) is 0 Å². The zero-order chi connectivity index (χ0) is 91.2. The minimum Gasteiger partial charge on any atom is -0.456 e. The molecule has 5 aliphatic rings. The minimum atomic E-state index is -0.508. The van der Waals surface area contributed by atoms with Crippen LogP contribution in [0.25, 0.3) is 187 Å². The molecule has 4 nitrogen and oxygen atoms in total. The Hall–Kier alpha value is -18.0. The lowest BCUT2D eigenvalue weighted by Gasteiger charge is -2.45. The van der Waals surface area contributed by atoms with Gasteiger partial charge in [-0.25, -0.2) is 0 Å². The van der Waals surface area contributed by atoms with Gasteiger partial charge in [0.25, 0.3) is 0 Å². The summed E-state index contributed by atoms with van der Waals surface area (Å²) in [7, 11) is 0. The molecular formula is C135H83N3O. The molecule has 0 amide bonds. The van der Waals surface area contributed by atoms with E-state index in [0.717, 1.165) is 61.3 Å². The molecule has 0 unspecified atom stereocenters. The number of benzene rings is 22. The third-order valence-electron chi connectivity index (χ3n) is 31.1. The van der Waals surface area contributed by atoms with E-state index in [0.29, 0.717) is 0 Å². The van der Waals surface area contributed by atoms with Crippen LogP contribution in [-0.2, 0) is 16.2 Å². The van der Waals surface area contributed by atoms with E-state index in [1.54, 1.807) is 0 Å². The third-order valence-corrected chi connectivity index (χ3v) is 31.1. The fourth-order valence-corrected chi connectivity index (χ4v) is 25.5. The lowest BCUT2D eigenvalue weighted by molar-refractivity contribution is 0.669. The fourth-order valence-electron chi connectivity index (χ4n) is 25.5. The Labute approximate surface area is 804 Å². The zero-order valence-corrected chi connectivity index (χ0v) is 75.7. The molecule has 1 aliphatic heterocycles. The maximum absolute atomic E-state index is 6.32. The third kappa shape index (κ3) is 11.2. The first-order valence-electron chi connectivity index (χ1n) is 48.2. The lowest BCUT2D eigenvalue weighted by atomic mass is 9.64. The molecule has 0 saturated heterocycles. The van der Waals surface area contributed by atoms with E-state index >= 15 is 0 Å². The standard InChI is InChI=1S/C75H48N2.C60H35NO/c1-4-22-52(23-5-1)74(53-24-6-2-7-25-53)63-34-16-14-28-55(63)57-43-40-50(47-68(57)74)72-58-30-10-12-32-60(58)73(61-33-13-11-31-59(61)72)51-42-45-69(76-48-51)49-41-44-65-62(46-49)56-29-15-17-35-64(56)75(65)66-36-18-20-38-70(66)77(54-26-8-3-9-27-54)71-39-21-19-37-67(71)75;1-2-14-37-34-57-50(31-36(37)13-1)49-32-38(27-30-56(49)62-57)55-29-26-40(35-61-55)59-47-20-5-3-18-45(47)58(46-19-4-6-21-48(46)59)39-25-28-44-43-17-9-12-24-53(43)60(54(44)33-39)51-22-10-7-15-41(51)42-16-8-11-23-52(42)60/h1-48H;1-35H. The van der Waals surface area contributed by atoms with E-state index in [2.05, 4.69) is 509 Å². The maximum Gasteiger partial charge on any atom is 0.136 e. The van der Waals surface area contributed by atoms with Crippen LogP contribution in [0.2, 0.25) is 0 Å². The highest BCUT2D eigenvalue weighted by molar-refractivity contribution is 6.24. The maximum atomic E-state index is 6.32. The summed E-state index contributed by atoms with van der Waals surface area (Å²) in [6, 6.07) is 182. The molecule has 0 N–H and O–H groups in total. The number of furan rings is 1. The van der Waals surface area contributed by atoms with E-state index in [1.165, 1.54) is 210 Å². The van der Waals surface area contributed by atoms with Crippen molar-refractivity contribution in [1.82, 2.24) is 9.97 Å². The molecule has 0 saturated carbocycles. The van der Waals surface area contributed by atoms with Gasteiger partial charge in [-0.3, -0.25) is 9.97 Å². The summed E-state index contributed by atoms with van der Waals surface area (Å²) in [6.45, 7) is 0. The molecule has 25 aromatic rings. The predicted molar refractivity (Wildman–Crippen MR) is 575 cm³/mol. The number of rotatable bonds is 9. The van der Waals surface area contributed by atoms with Gasteiger partial charge in [0.05, 0.1) is 39.0 Å². The van der Waals surface area contributed by atoms with E-state index in [1.807, 2.05) is 0 Å². The second-order valence-corrected chi connectivity index (χ2v) is 37.8. The number of pyridine rings is 2. The van der Waals surface area contributed by atoms with Crippen LogP contribution in [0.1, 0.15) is 66.8 Å². The van der Waals surface area contributed by atoms with Gasteiger partial charge in [0, 0.05) is 51.1 Å². The summed E-state index contributed by atoms with van der Waals surface area (Å²) in [5, 5.41) is 14.3. The van der Waals surface area contributed by atoms with Crippen LogP contribution in [0, 0.1) is 0 Å². The molecule has 0 bridgehead atoms. The van der Waals surface area contributed by atoms with Crippen molar-refractivity contribution in [3.63, 3.8) is 0 Å². The van der Waals surface area contributed by atoms with Crippen LogP contribution in [-0.4, -0.2) is 9.97 Å².